The maximum atomic E-state index is 2.49. The Hall–Kier alpha value is -4.16. The van der Waals surface area contributed by atoms with Crippen molar-refractivity contribution in [3.8, 4) is 22.3 Å². The third-order valence-corrected chi connectivity index (χ3v) is 15.6. The van der Waals surface area contributed by atoms with Crippen molar-refractivity contribution in [1.82, 2.24) is 0 Å². The molecule has 0 spiro atoms. The van der Waals surface area contributed by atoms with E-state index in [4.69, 9.17) is 0 Å². The van der Waals surface area contributed by atoms with Gasteiger partial charge in [0.05, 0.1) is 16.1 Å². The van der Waals surface area contributed by atoms with Crippen LogP contribution < -0.4 is 10.4 Å². The van der Waals surface area contributed by atoms with Crippen molar-refractivity contribution in [2.75, 3.05) is 0 Å². The molecule has 0 heterocycles. The van der Waals surface area contributed by atoms with Gasteiger partial charge in [-0.3, -0.25) is 0 Å². The van der Waals surface area contributed by atoms with Crippen LogP contribution in [0.1, 0.15) is 33.4 Å². The van der Waals surface area contributed by atoms with Gasteiger partial charge in [-0.05, 0) is 36.1 Å². The first-order valence-corrected chi connectivity index (χ1v) is 26.1. The smallest absolute Gasteiger partial charge is 0.358 e. The molecule has 0 atom stereocenters. The second kappa shape index (κ2) is 16.4. The fourth-order valence-electron chi connectivity index (χ4n) is 8.31. The Kier molecular flexibility index (Phi) is 12.6. The van der Waals surface area contributed by atoms with E-state index in [9.17, 15) is 0 Å². The molecule has 8 aromatic carbocycles. The average molecular weight is 928 g/mol. The standard InChI is InChI=1S/C51H50Si2.2CH3.Hf/c1-35-15-23-41(24-16-35)51(42-25-17-36(2)18-26-42,43-31-39-11-9-13-47(49(39)33-43)37-19-27-45(28-20-37)52(3,4)5)44-32-40-12-10-14-48(50(40)34-44)38-21-29-46(30-22-38)53(6,7)8;;;/h9-34H,1-8H3;2*1H3;/q-2;2*-1;+4. The number of hydrogen-bond donors (Lipinski definition) is 0. The van der Waals surface area contributed by atoms with Crippen molar-refractivity contribution >= 4 is 48.1 Å². The molecule has 0 aliphatic rings. The largest absolute Gasteiger partial charge is 4.00 e. The van der Waals surface area contributed by atoms with Gasteiger partial charge in [0.25, 0.3) is 0 Å². The Morgan fingerprint density at radius 3 is 1.09 bits per heavy atom. The first-order chi connectivity index (χ1) is 25.3. The number of fused-ring (bicyclic) bond motifs is 2. The fraction of sp³-hybridized carbons (Fsp3) is 0.170. The van der Waals surface area contributed by atoms with Crippen LogP contribution in [0, 0.1) is 28.7 Å². The monoisotopic (exact) mass is 928 g/mol. The molecule has 56 heavy (non-hydrogen) atoms. The third kappa shape index (κ3) is 7.75. The first kappa shape index (κ1) is 43.0. The summed E-state index contributed by atoms with van der Waals surface area (Å²) >= 11 is 0. The third-order valence-electron chi connectivity index (χ3n) is 11.5. The van der Waals surface area contributed by atoms with Crippen LogP contribution in [-0.2, 0) is 31.3 Å². The molecular weight excluding hydrogens is 871 g/mol. The fourth-order valence-corrected chi connectivity index (χ4v) is 10.6. The SMILES string of the molecule is Cc1ccc(C(c2ccc(C)cc2)(c2cc3c(-c4ccc([Si](C)(C)C)cc4)cccc3[cH-]2)c2cc3c(-c4ccc([Si](C)(C)C)cc4)cccc3[cH-]2)cc1.[CH3-].[CH3-].[Hf+4]. The molecule has 8 rings (SSSR count). The van der Waals surface area contributed by atoms with Gasteiger partial charge in [-0.2, -0.15) is 12.1 Å². The molecule has 3 heteroatoms. The van der Waals surface area contributed by atoms with Crippen molar-refractivity contribution in [2.45, 2.75) is 58.5 Å². The molecule has 0 radical (unpaired) electrons. The van der Waals surface area contributed by atoms with Crippen molar-refractivity contribution < 1.29 is 25.8 Å². The predicted molar refractivity (Wildman–Crippen MR) is 250 cm³/mol. The zero-order chi connectivity index (χ0) is 37.1. The molecule has 0 saturated heterocycles. The van der Waals surface area contributed by atoms with Crippen LogP contribution in [0.25, 0.3) is 43.8 Å². The second-order valence-electron chi connectivity index (χ2n) is 17.2. The summed E-state index contributed by atoms with van der Waals surface area (Å²) < 4.78 is 0. The molecular formula is C53H56HfSi2. The second-order valence-corrected chi connectivity index (χ2v) is 27.4. The number of hydrogen-bond acceptors (Lipinski definition) is 0. The molecule has 0 unspecified atom stereocenters. The summed E-state index contributed by atoms with van der Waals surface area (Å²) in [7, 11) is -2.80. The van der Waals surface area contributed by atoms with E-state index in [2.05, 4.69) is 211 Å². The molecule has 0 N–H and O–H groups in total. The molecule has 0 aromatic heterocycles. The van der Waals surface area contributed by atoms with Crippen molar-refractivity contribution in [3.63, 3.8) is 0 Å². The van der Waals surface area contributed by atoms with E-state index in [1.807, 2.05) is 0 Å². The maximum Gasteiger partial charge on any atom is 4.00 e. The van der Waals surface area contributed by atoms with E-state index >= 15 is 0 Å². The van der Waals surface area contributed by atoms with Crippen LogP contribution in [0.2, 0.25) is 39.3 Å². The topological polar surface area (TPSA) is 0 Å². The summed E-state index contributed by atoms with van der Waals surface area (Å²) in [5, 5.41) is 8.12. The number of aryl methyl sites for hydroxylation is 2. The Labute approximate surface area is 358 Å². The predicted octanol–water partition coefficient (Wildman–Crippen LogP) is 13.8. The van der Waals surface area contributed by atoms with E-state index in [1.54, 1.807) is 0 Å². The first-order valence-electron chi connectivity index (χ1n) is 19.1. The van der Waals surface area contributed by atoms with Gasteiger partial charge in [-0.25, -0.2) is 0 Å². The molecule has 0 bridgehead atoms. The van der Waals surface area contributed by atoms with Crippen LogP contribution in [0.15, 0.2) is 158 Å². The maximum absolute atomic E-state index is 2.49. The molecule has 0 aliphatic heterocycles. The van der Waals surface area contributed by atoms with Crippen LogP contribution >= 0.6 is 0 Å². The minimum atomic E-state index is -1.40. The zero-order valence-corrected chi connectivity index (χ0v) is 40.6. The quantitative estimate of drug-likeness (QED) is 0.105. The normalized spacial score (nSPS) is 11.9. The van der Waals surface area contributed by atoms with Gasteiger partial charge in [-0.15, -0.1) is 69.1 Å². The van der Waals surface area contributed by atoms with Crippen molar-refractivity contribution in [3.05, 3.63) is 206 Å². The minimum absolute atomic E-state index is 0. The van der Waals surface area contributed by atoms with Gasteiger partial charge >= 0.3 is 25.8 Å². The Morgan fingerprint density at radius 2 is 0.768 bits per heavy atom. The molecule has 280 valence electrons. The van der Waals surface area contributed by atoms with Gasteiger partial charge < -0.3 is 14.9 Å². The van der Waals surface area contributed by atoms with Crippen molar-refractivity contribution in [2.24, 2.45) is 0 Å². The molecule has 0 fully saturated rings. The minimum Gasteiger partial charge on any atom is -0.358 e. The van der Waals surface area contributed by atoms with Gasteiger partial charge in [0.2, 0.25) is 0 Å². The zero-order valence-electron chi connectivity index (χ0n) is 35.0. The van der Waals surface area contributed by atoms with E-state index < -0.39 is 21.6 Å². The van der Waals surface area contributed by atoms with Crippen LogP contribution in [0.4, 0.5) is 0 Å². The van der Waals surface area contributed by atoms with E-state index in [1.165, 1.54) is 87.6 Å². The van der Waals surface area contributed by atoms with Crippen molar-refractivity contribution in [1.29, 1.82) is 0 Å². The van der Waals surface area contributed by atoms with Gasteiger partial charge in [0.1, 0.15) is 0 Å². The van der Waals surface area contributed by atoms with Gasteiger partial charge in [0, 0.05) is 5.41 Å². The summed E-state index contributed by atoms with van der Waals surface area (Å²) in [6, 6.07) is 60.9. The number of benzene rings is 6. The van der Waals surface area contributed by atoms with E-state index in [0.29, 0.717) is 0 Å². The summed E-state index contributed by atoms with van der Waals surface area (Å²) in [6.45, 7) is 18.9. The van der Waals surface area contributed by atoms with Crippen LogP contribution in [0.5, 0.6) is 0 Å². The Bertz CT molecular complexity index is 2370. The summed E-state index contributed by atoms with van der Waals surface area (Å²) in [5.41, 5.74) is 12.2. The van der Waals surface area contributed by atoms with E-state index in [-0.39, 0.29) is 40.7 Å². The van der Waals surface area contributed by atoms with E-state index in [0.717, 1.165) is 0 Å². The Balaban J connectivity index is 0.00000200. The molecule has 8 aromatic rings. The molecule has 0 saturated carbocycles. The van der Waals surface area contributed by atoms with Gasteiger partial charge in [-0.1, -0.05) is 181 Å². The average Bonchev–Trinajstić information content (AvgIpc) is 3.78. The summed E-state index contributed by atoms with van der Waals surface area (Å²) in [5.74, 6) is 0. The van der Waals surface area contributed by atoms with Crippen LogP contribution in [0.3, 0.4) is 0 Å². The van der Waals surface area contributed by atoms with Gasteiger partial charge in [0.15, 0.2) is 0 Å². The van der Waals surface area contributed by atoms with Crippen LogP contribution in [-0.4, -0.2) is 16.1 Å². The number of rotatable bonds is 8. The summed E-state index contributed by atoms with van der Waals surface area (Å²) in [4.78, 5) is 0. The Morgan fingerprint density at radius 1 is 0.429 bits per heavy atom. The summed E-state index contributed by atoms with van der Waals surface area (Å²) in [6.07, 6.45) is 0. The molecule has 0 amide bonds. The molecule has 0 nitrogen and oxygen atoms in total. The molecule has 0 aliphatic carbocycles.